The van der Waals surface area contributed by atoms with E-state index in [1.807, 2.05) is 0 Å². The van der Waals surface area contributed by atoms with Gasteiger partial charge in [-0.15, -0.1) is 0 Å². The Labute approximate surface area is 188 Å². The van der Waals surface area contributed by atoms with Crippen LogP contribution >= 0.6 is 0 Å². The highest BCUT2D eigenvalue weighted by molar-refractivity contribution is 5.83. The fourth-order valence-corrected chi connectivity index (χ4v) is 4.06. The standard InChI is InChI=1S/C28H22N4/c1-17-8-18(2)11-22(10-17)27-28(23-12-19(3)9-20(4)13-23)32-26(16-31-27)24-7-6-21(15-29)14-25(24)30-5/h6-14,16H,1-4H3. The lowest BCUT2D eigenvalue weighted by Crippen LogP contribution is -1.98. The summed E-state index contributed by atoms with van der Waals surface area (Å²) in [7, 11) is 0. The third-order valence-corrected chi connectivity index (χ3v) is 5.29. The zero-order valence-corrected chi connectivity index (χ0v) is 18.6. The van der Waals surface area contributed by atoms with Crippen molar-refractivity contribution in [1.82, 2.24) is 9.97 Å². The first-order chi connectivity index (χ1) is 15.4. The van der Waals surface area contributed by atoms with Crippen LogP contribution in [0.25, 0.3) is 38.6 Å². The lowest BCUT2D eigenvalue weighted by molar-refractivity contribution is 1.20. The molecule has 0 amide bonds. The summed E-state index contributed by atoms with van der Waals surface area (Å²) in [6.45, 7) is 15.9. The van der Waals surface area contributed by atoms with E-state index in [1.54, 1.807) is 24.4 Å². The second kappa shape index (κ2) is 8.46. The normalized spacial score (nSPS) is 10.4. The Morgan fingerprint density at radius 1 is 0.781 bits per heavy atom. The van der Waals surface area contributed by atoms with Crippen LogP contribution in [-0.4, -0.2) is 9.97 Å². The Morgan fingerprint density at radius 3 is 1.88 bits per heavy atom. The first-order valence-corrected chi connectivity index (χ1v) is 10.3. The Morgan fingerprint density at radius 2 is 1.34 bits per heavy atom. The molecule has 0 atom stereocenters. The van der Waals surface area contributed by atoms with E-state index in [0.29, 0.717) is 22.5 Å². The third-order valence-electron chi connectivity index (χ3n) is 5.29. The minimum atomic E-state index is 0.392. The van der Waals surface area contributed by atoms with Crippen molar-refractivity contribution in [3.8, 4) is 39.8 Å². The summed E-state index contributed by atoms with van der Waals surface area (Å²) < 4.78 is 0. The molecule has 32 heavy (non-hydrogen) atoms. The maximum absolute atomic E-state index is 9.19. The second-order valence-electron chi connectivity index (χ2n) is 8.16. The van der Waals surface area contributed by atoms with E-state index in [9.17, 15) is 5.26 Å². The van der Waals surface area contributed by atoms with Gasteiger partial charge in [-0.1, -0.05) is 40.5 Å². The minimum absolute atomic E-state index is 0.392. The van der Waals surface area contributed by atoms with Crippen LogP contribution in [0.15, 0.2) is 60.8 Å². The molecule has 0 aliphatic rings. The molecule has 0 fully saturated rings. The topological polar surface area (TPSA) is 53.9 Å². The van der Waals surface area contributed by atoms with E-state index in [1.165, 1.54) is 11.1 Å². The predicted molar refractivity (Wildman–Crippen MR) is 128 cm³/mol. The number of aromatic nitrogens is 2. The average Bonchev–Trinajstić information content (AvgIpc) is 2.77. The third kappa shape index (κ3) is 4.13. The molecule has 0 radical (unpaired) electrons. The van der Waals surface area contributed by atoms with E-state index in [2.05, 4.69) is 75.0 Å². The molecule has 4 aromatic rings. The van der Waals surface area contributed by atoms with Gasteiger partial charge in [-0.3, -0.25) is 4.98 Å². The first kappa shape index (κ1) is 21.0. The van der Waals surface area contributed by atoms with Crippen LogP contribution in [0.5, 0.6) is 0 Å². The van der Waals surface area contributed by atoms with Gasteiger partial charge >= 0.3 is 0 Å². The molecule has 3 aromatic carbocycles. The van der Waals surface area contributed by atoms with Gasteiger partial charge in [0.25, 0.3) is 0 Å². The molecule has 1 heterocycles. The van der Waals surface area contributed by atoms with Gasteiger partial charge in [-0.2, -0.15) is 5.26 Å². The molecule has 0 unspecified atom stereocenters. The number of hydrogen-bond acceptors (Lipinski definition) is 3. The monoisotopic (exact) mass is 414 g/mol. The Balaban J connectivity index is 2.00. The van der Waals surface area contributed by atoms with Crippen LogP contribution in [0, 0.1) is 45.6 Å². The van der Waals surface area contributed by atoms with Crippen molar-refractivity contribution in [2.24, 2.45) is 0 Å². The maximum atomic E-state index is 9.19. The van der Waals surface area contributed by atoms with Crippen molar-refractivity contribution in [3.63, 3.8) is 0 Å². The number of aryl methyl sites for hydroxylation is 4. The zero-order valence-electron chi connectivity index (χ0n) is 18.6. The summed E-state index contributed by atoms with van der Waals surface area (Å²) in [4.78, 5) is 13.5. The van der Waals surface area contributed by atoms with Crippen molar-refractivity contribution < 1.29 is 0 Å². The Hall–Kier alpha value is -4.28. The molecule has 154 valence electrons. The molecular formula is C28H22N4. The summed E-state index contributed by atoms with van der Waals surface area (Å²) in [6.07, 6.45) is 1.72. The zero-order chi connectivity index (χ0) is 22.8. The van der Waals surface area contributed by atoms with Gasteiger partial charge in [0.1, 0.15) is 0 Å². The molecule has 0 aliphatic carbocycles. The van der Waals surface area contributed by atoms with Gasteiger partial charge in [-0.25, -0.2) is 9.83 Å². The fraction of sp³-hybridized carbons (Fsp3) is 0.143. The van der Waals surface area contributed by atoms with Crippen molar-refractivity contribution in [2.45, 2.75) is 27.7 Å². The molecular weight excluding hydrogens is 392 g/mol. The van der Waals surface area contributed by atoms with Crippen molar-refractivity contribution in [1.29, 1.82) is 5.26 Å². The molecule has 0 spiro atoms. The van der Waals surface area contributed by atoms with Gasteiger partial charge in [0.15, 0.2) is 5.69 Å². The van der Waals surface area contributed by atoms with Gasteiger partial charge in [0.05, 0.1) is 35.9 Å². The molecule has 1 aromatic heterocycles. The predicted octanol–water partition coefficient (Wildman–Crippen LogP) is 7.13. The van der Waals surface area contributed by atoms with E-state index in [4.69, 9.17) is 16.5 Å². The highest BCUT2D eigenvalue weighted by atomic mass is 14.8. The van der Waals surface area contributed by atoms with Crippen molar-refractivity contribution >= 4 is 5.69 Å². The van der Waals surface area contributed by atoms with Crippen LogP contribution in [0.1, 0.15) is 27.8 Å². The van der Waals surface area contributed by atoms with E-state index in [0.717, 1.165) is 33.6 Å². The summed E-state index contributed by atoms with van der Waals surface area (Å²) in [5, 5.41) is 9.19. The second-order valence-corrected chi connectivity index (χ2v) is 8.16. The lowest BCUT2D eigenvalue weighted by Gasteiger charge is -2.14. The van der Waals surface area contributed by atoms with Crippen molar-refractivity contribution in [2.75, 3.05) is 0 Å². The van der Waals surface area contributed by atoms with Crippen LogP contribution < -0.4 is 0 Å². The molecule has 0 N–H and O–H groups in total. The largest absolute Gasteiger partial charge is 0.252 e. The van der Waals surface area contributed by atoms with Crippen LogP contribution in [0.4, 0.5) is 5.69 Å². The van der Waals surface area contributed by atoms with E-state index < -0.39 is 0 Å². The highest BCUT2D eigenvalue weighted by Gasteiger charge is 2.16. The fourth-order valence-electron chi connectivity index (χ4n) is 4.06. The SMILES string of the molecule is [C-]#[N+]c1cc(C#N)ccc1-c1cnc(-c2cc(C)cc(C)c2)c(-c2cc(C)cc(C)c2)n1. The van der Waals surface area contributed by atoms with Gasteiger partial charge in [-0.05, 0) is 64.1 Å². The van der Waals surface area contributed by atoms with Crippen LogP contribution in [-0.2, 0) is 0 Å². The van der Waals surface area contributed by atoms with Gasteiger partial charge in [0, 0.05) is 22.3 Å². The Bertz CT molecular complexity index is 1390. The highest BCUT2D eigenvalue weighted by Crippen LogP contribution is 2.35. The smallest absolute Gasteiger partial charge is 0.197 e. The Kier molecular flexibility index (Phi) is 5.54. The summed E-state index contributed by atoms with van der Waals surface area (Å²) in [5.41, 5.74) is 10.4. The molecule has 4 heteroatoms. The summed E-state index contributed by atoms with van der Waals surface area (Å²) >= 11 is 0. The van der Waals surface area contributed by atoms with Gasteiger partial charge in [0.2, 0.25) is 0 Å². The number of hydrogen-bond donors (Lipinski definition) is 0. The molecule has 0 saturated carbocycles. The molecule has 4 rings (SSSR count). The molecule has 0 bridgehead atoms. The number of nitrogens with zero attached hydrogens (tertiary/aromatic N) is 4. The van der Waals surface area contributed by atoms with Crippen molar-refractivity contribution in [3.05, 3.63) is 100 Å². The van der Waals surface area contributed by atoms with Crippen LogP contribution in [0.2, 0.25) is 0 Å². The number of nitriles is 1. The quantitative estimate of drug-likeness (QED) is 0.335. The number of rotatable bonds is 3. The lowest BCUT2D eigenvalue weighted by atomic mass is 9.98. The van der Waals surface area contributed by atoms with Gasteiger partial charge < -0.3 is 0 Å². The molecule has 4 nitrogen and oxygen atoms in total. The maximum Gasteiger partial charge on any atom is 0.197 e. The first-order valence-electron chi connectivity index (χ1n) is 10.3. The molecule has 0 aliphatic heterocycles. The minimum Gasteiger partial charge on any atom is -0.252 e. The van der Waals surface area contributed by atoms with E-state index >= 15 is 0 Å². The average molecular weight is 415 g/mol. The van der Waals surface area contributed by atoms with Crippen LogP contribution in [0.3, 0.4) is 0 Å². The number of benzene rings is 3. The molecule has 0 saturated heterocycles. The summed E-state index contributed by atoms with van der Waals surface area (Å²) in [5.74, 6) is 0. The van der Waals surface area contributed by atoms with E-state index in [-0.39, 0.29) is 0 Å². The summed E-state index contributed by atoms with van der Waals surface area (Å²) in [6, 6.07) is 19.9.